The minimum atomic E-state index is -3.51. The number of hydrogen-bond donors (Lipinski definition) is 1. The van der Waals surface area contributed by atoms with Crippen molar-refractivity contribution in [1.82, 2.24) is 4.31 Å². The van der Waals surface area contributed by atoms with Gasteiger partial charge in [-0.2, -0.15) is 4.31 Å². The summed E-state index contributed by atoms with van der Waals surface area (Å²) < 4.78 is 31.8. The van der Waals surface area contributed by atoms with Crippen LogP contribution in [0.2, 0.25) is 0 Å². The Morgan fingerprint density at radius 1 is 1.35 bits per heavy atom. The SMILES string of the molecule is CCOc1ccc(S(=O)(=O)N2CC=CCC2)cc1CO. The highest BCUT2D eigenvalue weighted by molar-refractivity contribution is 7.89. The van der Waals surface area contributed by atoms with Gasteiger partial charge in [0.25, 0.3) is 0 Å². The molecular formula is C14H19NO4S. The molecule has 110 valence electrons. The molecule has 1 aliphatic rings. The Morgan fingerprint density at radius 2 is 2.15 bits per heavy atom. The van der Waals surface area contributed by atoms with E-state index in [1.165, 1.54) is 16.4 Å². The van der Waals surface area contributed by atoms with Crippen LogP contribution < -0.4 is 4.74 Å². The summed E-state index contributed by atoms with van der Waals surface area (Å²) in [5.74, 6) is 0.521. The first-order chi connectivity index (χ1) is 9.59. The van der Waals surface area contributed by atoms with Crippen molar-refractivity contribution in [3.63, 3.8) is 0 Å². The van der Waals surface area contributed by atoms with Crippen molar-refractivity contribution < 1.29 is 18.3 Å². The van der Waals surface area contributed by atoms with E-state index >= 15 is 0 Å². The first kappa shape index (κ1) is 15.0. The zero-order valence-electron chi connectivity index (χ0n) is 11.4. The lowest BCUT2D eigenvalue weighted by Crippen LogP contribution is -2.33. The predicted molar refractivity (Wildman–Crippen MR) is 76.0 cm³/mol. The van der Waals surface area contributed by atoms with E-state index in [4.69, 9.17) is 4.74 Å². The third-order valence-electron chi connectivity index (χ3n) is 3.16. The fourth-order valence-electron chi connectivity index (χ4n) is 2.12. The number of benzene rings is 1. The minimum Gasteiger partial charge on any atom is -0.494 e. The molecule has 0 bridgehead atoms. The van der Waals surface area contributed by atoms with Crippen LogP contribution in [0.3, 0.4) is 0 Å². The summed E-state index contributed by atoms with van der Waals surface area (Å²) in [5, 5.41) is 9.35. The Morgan fingerprint density at radius 3 is 2.75 bits per heavy atom. The quantitative estimate of drug-likeness (QED) is 0.837. The van der Waals surface area contributed by atoms with Crippen molar-refractivity contribution in [2.75, 3.05) is 19.7 Å². The van der Waals surface area contributed by atoms with Gasteiger partial charge < -0.3 is 9.84 Å². The number of ether oxygens (including phenoxy) is 1. The number of aliphatic hydroxyl groups is 1. The summed E-state index contributed by atoms with van der Waals surface area (Å²) in [6.07, 6.45) is 4.55. The second-order valence-electron chi connectivity index (χ2n) is 4.48. The van der Waals surface area contributed by atoms with Crippen molar-refractivity contribution in [1.29, 1.82) is 0 Å². The second kappa shape index (κ2) is 6.39. The van der Waals surface area contributed by atoms with Crippen LogP contribution in [0.5, 0.6) is 5.75 Å². The van der Waals surface area contributed by atoms with Crippen LogP contribution in [-0.4, -0.2) is 37.5 Å². The van der Waals surface area contributed by atoms with E-state index in [0.29, 0.717) is 31.0 Å². The van der Waals surface area contributed by atoms with Gasteiger partial charge in [-0.1, -0.05) is 12.2 Å². The second-order valence-corrected chi connectivity index (χ2v) is 6.42. The lowest BCUT2D eigenvalue weighted by Gasteiger charge is -2.23. The van der Waals surface area contributed by atoms with Crippen LogP contribution in [0.4, 0.5) is 0 Å². The number of hydrogen-bond acceptors (Lipinski definition) is 4. The first-order valence-corrected chi connectivity index (χ1v) is 8.05. The molecule has 0 aliphatic carbocycles. The molecule has 0 saturated carbocycles. The van der Waals surface area contributed by atoms with Gasteiger partial charge in [-0.25, -0.2) is 8.42 Å². The van der Waals surface area contributed by atoms with E-state index in [9.17, 15) is 13.5 Å². The normalized spacial score (nSPS) is 16.3. The number of sulfonamides is 1. The molecule has 0 saturated heterocycles. The Bertz CT molecular complexity index is 595. The Balaban J connectivity index is 2.34. The summed E-state index contributed by atoms with van der Waals surface area (Å²) >= 11 is 0. The maximum Gasteiger partial charge on any atom is 0.243 e. The summed E-state index contributed by atoms with van der Waals surface area (Å²) in [6, 6.07) is 4.61. The molecule has 0 unspecified atom stereocenters. The molecule has 1 aromatic rings. The van der Waals surface area contributed by atoms with E-state index in [2.05, 4.69) is 0 Å². The predicted octanol–water partition coefficient (Wildman–Crippen LogP) is 1.53. The average Bonchev–Trinajstić information content (AvgIpc) is 2.48. The average molecular weight is 297 g/mol. The lowest BCUT2D eigenvalue weighted by atomic mass is 10.2. The maximum absolute atomic E-state index is 12.5. The molecule has 5 nitrogen and oxygen atoms in total. The zero-order valence-corrected chi connectivity index (χ0v) is 12.3. The van der Waals surface area contributed by atoms with Crippen LogP contribution in [0, 0.1) is 0 Å². The van der Waals surface area contributed by atoms with Gasteiger partial charge in [-0.05, 0) is 31.5 Å². The van der Waals surface area contributed by atoms with Crippen LogP contribution in [0.1, 0.15) is 18.9 Å². The van der Waals surface area contributed by atoms with Crippen LogP contribution in [0.25, 0.3) is 0 Å². The summed E-state index contributed by atoms with van der Waals surface area (Å²) in [6.45, 7) is 2.94. The minimum absolute atomic E-state index is 0.195. The van der Waals surface area contributed by atoms with Crippen molar-refractivity contribution in [2.45, 2.75) is 24.8 Å². The maximum atomic E-state index is 12.5. The molecule has 0 spiro atoms. The summed E-state index contributed by atoms with van der Waals surface area (Å²) in [4.78, 5) is 0.195. The van der Waals surface area contributed by atoms with Crippen molar-refractivity contribution in [3.05, 3.63) is 35.9 Å². The van der Waals surface area contributed by atoms with Crippen LogP contribution >= 0.6 is 0 Å². The molecule has 1 N–H and O–H groups in total. The third-order valence-corrected chi connectivity index (χ3v) is 5.02. The Labute approximate surface area is 119 Å². The van der Waals surface area contributed by atoms with E-state index in [1.54, 1.807) is 6.07 Å². The molecule has 0 atom stereocenters. The molecule has 0 fully saturated rings. The molecule has 6 heteroatoms. The lowest BCUT2D eigenvalue weighted by molar-refractivity contribution is 0.266. The first-order valence-electron chi connectivity index (χ1n) is 6.61. The van der Waals surface area contributed by atoms with E-state index in [1.807, 2.05) is 19.1 Å². The van der Waals surface area contributed by atoms with Gasteiger partial charge in [-0.3, -0.25) is 0 Å². The fraction of sp³-hybridized carbons (Fsp3) is 0.429. The van der Waals surface area contributed by atoms with E-state index < -0.39 is 10.0 Å². The Kier molecular flexibility index (Phi) is 4.80. The largest absolute Gasteiger partial charge is 0.494 e. The molecule has 1 heterocycles. The highest BCUT2D eigenvalue weighted by atomic mass is 32.2. The summed E-state index contributed by atoms with van der Waals surface area (Å²) in [7, 11) is -3.51. The van der Waals surface area contributed by atoms with Crippen molar-refractivity contribution >= 4 is 10.0 Å². The molecule has 20 heavy (non-hydrogen) atoms. The topological polar surface area (TPSA) is 66.8 Å². The standard InChI is InChI=1S/C14H19NO4S/c1-2-19-14-7-6-13(10-12(14)11-16)20(17,18)15-8-4-3-5-9-15/h3-4,6-7,10,16H,2,5,8-9,11H2,1H3. The number of rotatable bonds is 5. The van der Waals surface area contributed by atoms with Gasteiger partial charge >= 0.3 is 0 Å². The highest BCUT2D eigenvalue weighted by Crippen LogP contribution is 2.25. The number of nitrogens with zero attached hydrogens (tertiary/aromatic N) is 1. The molecule has 0 amide bonds. The molecular weight excluding hydrogens is 278 g/mol. The van der Waals surface area contributed by atoms with Gasteiger partial charge in [0.05, 0.1) is 18.1 Å². The molecule has 0 aromatic heterocycles. The molecule has 2 rings (SSSR count). The van der Waals surface area contributed by atoms with Gasteiger partial charge in [0.15, 0.2) is 0 Å². The van der Waals surface area contributed by atoms with Crippen molar-refractivity contribution in [2.24, 2.45) is 0 Å². The molecule has 0 radical (unpaired) electrons. The molecule has 1 aromatic carbocycles. The fourth-order valence-corrected chi connectivity index (χ4v) is 3.58. The van der Waals surface area contributed by atoms with Crippen LogP contribution in [-0.2, 0) is 16.6 Å². The smallest absolute Gasteiger partial charge is 0.243 e. The molecule has 1 aliphatic heterocycles. The van der Waals surface area contributed by atoms with E-state index in [0.717, 1.165) is 6.42 Å². The van der Waals surface area contributed by atoms with Gasteiger partial charge in [0.1, 0.15) is 5.75 Å². The zero-order chi connectivity index (χ0) is 14.6. The Hall–Kier alpha value is -1.37. The van der Waals surface area contributed by atoms with Gasteiger partial charge in [-0.15, -0.1) is 0 Å². The third kappa shape index (κ3) is 3.03. The van der Waals surface area contributed by atoms with Crippen molar-refractivity contribution in [3.8, 4) is 5.75 Å². The highest BCUT2D eigenvalue weighted by Gasteiger charge is 2.25. The monoisotopic (exact) mass is 297 g/mol. The van der Waals surface area contributed by atoms with Gasteiger partial charge in [0.2, 0.25) is 10.0 Å². The van der Waals surface area contributed by atoms with E-state index in [-0.39, 0.29) is 11.5 Å². The van der Waals surface area contributed by atoms with Gasteiger partial charge in [0, 0.05) is 18.7 Å². The number of aliphatic hydroxyl groups excluding tert-OH is 1. The van der Waals surface area contributed by atoms with Crippen LogP contribution in [0.15, 0.2) is 35.2 Å². The summed E-state index contributed by atoms with van der Waals surface area (Å²) in [5.41, 5.74) is 0.487.